The Balaban J connectivity index is 3.39. The van der Waals surface area contributed by atoms with E-state index in [2.05, 4.69) is 0 Å². The number of ether oxygens (including phenoxy) is 1. The van der Waals surface area contributed by atoms with Crippen molar-refractivity contribution in [1.82, 2.24) is 0 Å². The summed E-state index contributed by atoms with van der Waals surface area (Å²) in [5.41, 5.74) is 0.997. The van der Waals surface area contributed by atoms with E-state index in [1.807, 2.05) is 19.9 Å². The molecule has 0 saturated carbocycles. The van der Waals surface area contributed by atoms with Gasteiger partial charge >= 0.3 is 0 Å². The second-order valence-electron chi connectivity index (χ2n) is 3.84. The summed E-state index contributed by atoms with van der Waals surface area (Å²) in [7, 11) is -1.76. The molecule has 0 spiro atoms. The predicted octanol–water partition coefficient (Wildman–Crippen LogP) is 2.22. The van der Waals surface area contributed by atoms with Gasteiger partial charge in [0, 0.05) is 6.26 Å². The highest BCUT2D eigenvalue weighted by Gasteiger charge is 2.15. The van der Waals surface area contributed by atoms with E-state index in [9.17, 15) is 8.42 Å². The Kier molecular flexibility index (Phi) is 3.39. The lowest BCUT2D eigenvalue weighted by atomic mass is 10.0. The Morgan fingerprint density at radius 1 is 1.27 bits per heavy atom. The summed E-state index contributed by atoms with van der Waals surface area (Å²) in [5, 5.41) is 0. The molecule has 0 aromatic heterocycles. The van der Waals surface area contributed by atoms with Crippen LogP contribution in [0.4, 0.5) is 0 Å². The fourth-order valence-electron chi connectivity index (χ4n) is 1.34. The minimum absolute atomic E-state index is 0.260. The Morgan fingerprint density at radius 3 is 2.27 bits per heavy atom. The van der Waals surface area contributed by atoms with Gasteiger partial charge in [-0.15, -0.1) is 0 Å². The lowest BCUT2D eigenvalue weighted by molar-refractivity contribution is 0.402. The van der Waals surface area contributed by atoms with E-state index in [0.29, 0.717) is 11.7 Å². The van der Waals surface area contributed by atoms with E-state index < -0.39 is 9.84 Å². The van der Waals surface area contributed by atoms with Gasteiger partial charge in [-0.05, 0) is 23.6 Å². The molecular weight excluding hydrogens is 212 g/mol. The number of sulfone groups is 1. The molecule has 4 heteroatoms. The number of hydrogen-bond donors (Lipinski definition) is 0. The van der Waals surface area contributed by atoms with Crippen LogP contribution in [0.5, 0.6) is 5.75 Å². The highest BCUT2D eigenvalue weighted by Crippen LogP contribution is 2.27. The molecule has 1 aromatic carbocycles. The zero-order valence-corrected chi connectivity index (χ0v) is 10.3. The molecule has 0 unspecified atom stereocenters. The summed E-state index contributed by atoms with van der Waals surface area (Å²) in [5.74, 6) is 0.707. The molecule has 0 aliphatic carbocycles. The molecule has 84 valence electrons. The van der Waals surface area contributed by atoms with Crippen LogP contribution in [0.2, 0.25) is 0 Å². The second-order valence-corrected chi connectivity index (χ2v) is 5.82. The molecule has 0 amide bonds. The monoisotopic (exact) mass is 228 g/mol. The number of benzene rings is 1. The first-order chi connectivity index (χ1) is 6.86. The van der Waals surface area contributed by atoms with Crippen molar-refractivity contribution >= 4 is 9.84 Å². The molecule has 0 bridgehead atoms. The Bertz CT molecular complexity index is 447. The van der Waals surface area contributed by atoms with E-state index in [1.165, 1.54) is 13.4 Å². The Morgan fingerprint density at radius 2 is 1.87 bits per heavy atom. The van der Waals surface area contributed by atoms with Gasteiger partial charge in [-0.25, -0.2) is 8.42 Å². The molecule has 0 atom stereocenters. The lowest BCUT2D eigenvalue weighted by Crippen LogP contribution is -2.02. The minimum Gasteiger partial charge on any atom is -0.495 e. The van der Waals surface area contributed by atoms with Crippen molar-refractivity contribution in [3.63, 3.8) is 0 Å². The van der Waals surface area contributed by atoms with Crippen molar-refractivity contribution in [3.05, 3.63) is 23.8 Å². The quantitative estimate of drug-likeness (QED) is 0.796. The first-order valence-corrected chi connectivity index (χ1v) is 6.63. The average Bonchev–Trinajstić information content (AvgIpc) is 2.15. The third kappa shape index (κ3) is 2.72. The Labute approximate surface area is 91.0 Å². The maximum Gasteiger partial charge on any atom is 0.179 e. The predicted molar refractivity (Wildman–Crippen MR) is 60.2 cm³/mol. The second kappa shape index (κ2) is 4.23. The SMILES string of the molecule is COc1ccc(C(C)C)cc1S(C)(=O)=O. The number of rotatable bonds is 3. The van der Waals surface area contributed by atoms with Crippen LogP contribution in [-0.2, 0) is 9.84 Å². The van der Waals surface area contributed by atoms with Crippen molar-refractivity contribution in [2.45, 2.75) is 24.7 Å². The van der Waals surface area contributed by atoms with E-state index in [1.54, 1.807) is 12.1 Å². The highest BCUT2D eigenvalue weighted by atomic mass is 32.2. The molecule has 0 aliphatic rings. The van der Waals surface area contributed by atoms with Gasteiger partial charge in [-0.3, -0.25) is 0 Å². The highest BCUT2D eigenvalue weighted by molar-refractivity contribution is 7.90. The van der Waals surface area contributed by atoms with Crippen LogP contribution in [0.25, 0.3) is 0 Å². The zero-order valence-electron chi connectivity index (χ0n) is 9.44. The Hall–Kier alpha value is -1.03. The standard InChI is InChI=1S/C11H16O3S/c1-8(2)9-5-6-10(14-3)11(7-9)15(4,12)13/h5-8H,1-4H3. The van der Waals surface area contributed by atoms with Gasteiger partial charge in [0.25, 0.3) is 0 Å². The van der Waals surface area contributed by atoms with Crippen LogP contribution in [-0.4, -0.2) is 21.8 Å². The van der Waals surface area contributed by atoms with Gasteiger partial charge in [0.2, 0.25) is 0 Å². The smallest absolute Gasteiger partial charge is 0.179 e. The summed E-state index contributed by atoms with van der Waals surface area (Å²) in [6.45, 7) is 4.04. The summed E-state index contributed by atoms with van der Waals surface area (Å²) in [6.07, 6.45) is 1.19. The fourth-order valence-corrected chi connectivity index (χ4v) is 2.21. The molecule has 0 radical (unpaired) electrons. The first kappa shape index (κ1) is 12.0. The van der Waals surface area contributed by atoms with Crippen molar-refractivity contribution in [1.29, 1.82) is 0 Å². The summed E-state index contributed by atoms with van der Waals surface area (Å²) >= 11 is 0. The molecule has 1 rings (SSSR count). The summed E-state index contributed by atoms with van der Waals surface area (Å²) in [4.78, 5) is 0.260. The minimum atomic E-state index is -3.23. The van der Waals surface area contributed by atoms with Gasteiger partial charge in [0.05, 0.1) is 7.11 Å². The molecule has 1 aromatic rings. The summed E-state index contributed by atoms with van der Waals surface area (Å²) < 4.78 is 28.0. The topological polar surface area (TPSA) is 43.4 Å². The van der Waals surface area contributed by atoms with Gasteiger partial charge in [-0.2, -0.15) is 0 Å². The van der Waals surface area contributed by atoms with Crippen LogP contribution in [0, 0.1) is 0 Å². The van der Waals surface area contributed by atoms with E-state index in [4.69, 9.17) is 4.74 Å². The molecule has 0 aliphatic heterocycles. The van der Waals surface area contributed by atoms with Crippen molar-refractivity contribution < 1.29 is 13.2 Å². The van der Waals surface area contributed by atoms with Crippen LogP contribution in [0.1, 0.15) is 25.3 Å². The molecule has 0 fully saturated rings. The third-order valence-electron chi connectivity index (χ3n) is 2.25. The summed E-state index contributed by atoms with van der Waals surface area (Å²) in [6, 6.07) is 5.27. The molecular formula is C11H16O3S. The molecule has 0 saturated heterocycles. The average molecular weight is 228 g/mol. The molecule has 15 heavy (non-hydrogen) atoms. The molecule has 0 N–H and O–H groups in total. The maximum absolute atomic E-state index is 11.5. The maximum atomic E-state index is 11.5. The van der Waals surface area contributed by atoms with Gasteiger partial charge in [0.15, 0.2) is 9.84 Å². The first-order valence-electron chi connectivity index (χ1n) is 4.74. The van der Waals surface area contributed by atoms with E-state index in [-0.39, 0.29) is 4.90 Å². The molecule has 0 heterocycles. The third-order valence-corrected chi connectivity index (χ3v) is 3.37. The van der Waals surface area contributed by atoms with Crippen molar-refractivity contribution in [2.75, 3.05) is 13.4 Å². The van der Waals surface area contributed by atoms with Crippen LogP contribution < -0.4 is 4.74 Å². The van der Waals surface area contributed by atoms with Crippen LogP contribution in [0.3, 0.4) is 0 Å². The van der Waals surface area contributed by atoms with Gasteiger partial charge in [-0.1, -0.05) is 19.9 Å². The number of hydrogen-bond acceptors (Lipinski definition) is 3. The fraction of sp³-hybridized carbons (Fsp3) is 0.455. The van der Waals surface area contributed by atoms with Crippen LogP contribution in [0.15, 0.2) is 23.1 Å². The van der Waals surface area contributed by atoms with E-state index >= 15 is 0 Å². The normalized spacial score (nSPS) is 11.8. The molecule has 3 nitrogen and oxygen atoms in total. The van der Waals surface area contributed by atoms with Crippen LogP contribution >= 0.6 is 0 Å². The van der Waals surface area contributed by atoms with E-state index in [0.717, 1.165) is 5.56 Å². The zero-order chi connectivity index (χ0) is 11.6. The van der Waals surface area contributed by atoms with Crippen molar-refractivity contribution in [2.24, 2.45) is 0 Å². The lowest BCUT2D eigenvalue weighted by Gasteiger charge is -2.11. The number of methoxy groups -OCH3 is 1. The van der Waals surface area contributed by atoms with Crippen molar-refractivity contribution in [3.8, 4) is 5.75 Å². The van der Waals surface area contributed by atoms with Gasteiger partial charge in [0.1, 0.15) is 10.6 Å². The van der Waals surface area contributed by atoms with Gasteiger partial charge < -0.3 is 4.74 Å². The largest absolute Gasteiger partial charge is 0.495 e.